The maximum Gasteiger partial charge on any atom is 0.247 e. The minimum atomic E-state index is -1.22. The number of carbonyl (C=O) groups excluding carboxylic acids is 2. The summed E-state index contributed by atoms with van der Waals surface area (Å²) >= 11 is 0. The molecule has 8 nitrogen and oxygen atoms in total. The quantitative estimate of drug-likeness (QED) is 0.831. The van der Waals surface area contributed by atoms with Crippen LogP contribution in [0.15, 0.2) is 18.6 Å². The molecule has 0 bridgehead atoms. The Hall–Kier alpha value is -2.95. The van der Waals surface area contributed by atoms with Gasteiger partial charge in [0.2, 0.25) is 5.91 Å². The zero-order chi connectivity index (χ0) is 18.8. The first-order chi connectivity index (χ1) is 12.4. The van der Waals surface area contributed by atoms with Crippen LogP contribution in [0.5, 0.6) is 0 Å². The summed E-state index contributed by atoms with van der Waals surface area (Å²) < 4.78 is 0. The van der Waals surface area contributed by atoms with Crippen LogP contribution >= 0.6 is 0 Å². The Morgan fingerprint density at radius 3 is 2.92 bits per heavy atom. The number of fused-ring (bicyclic) bond motifs is 1. The van der Waals surface area contributed by atoms with E-state index in [1.54, 1.807) is 4.90 Å². The number of H-pyrrole nitrogens is 1. The number of anilines is 1. The highest BCUT2D eigenvalue weighted by atomic mass is 16.2. The monoisotopic (exact) mass is 354 g/mol. The molecule has 0 aliphatic carbocycles. The lowest BCUT2D eigenvalue weighted by molar-refractivity contribution is -0.139. The van der Waals surface area contributed by atoms with Crippen LogP contribution in [0.3, 0.4) is 0 Å². The molecule has 1 aliphatic rings. The molecule has 8 heteroatoms. The van der Waals surface area contributed by atoms with Crippen LogP contribution < -0.4 is 4.90 Å². The van der Waals surface area contributed by atoms with E-state index in [2.05, 4.69) is 26.8 Å². The summed E-state index contributed by atoms with van der Waals surface area (Å²) in [4.78, 5) is 39.6. The number of amides is 1. The summed E-state index contributed by atoms with van der Waals surface area (Å²) in [6.07, 6.45) is 4.14. The molecule has 1 N–H and O–H groups in total. The lowest BCUT2D eigenvalue weighted by Crippen LogP contribution is -2.54. The lowest BCUT2D eigenvalue weighted by Gasteiger charge is -2.42. The van der Waals surface area contributed by atoms with Crippen LogP contribution in [0.25, 0.3) is 11.0 Å². The molecule has 1 fully saturated rings. The van der Waals surface area contributed by atoms with Gasteiger partial charge >= 0.3 is 0 Å². The Kier molecular flexibility index (Phi) is 4.89. The van der Waals surface area contributed by atoms with Crippen molar-refractivity contribution >= 4 is 28.5 Å². The van der Waals surface area contributed by atoms with Gasteiger partial charge < -0.3 is 14.8 Å². The Balaban J connectivity index is 1.85. The van der Waals surface area contributed by atoms with Crippen molar-refractivity contribution in [1.29, 1.82) is 5.26 Å². The number of hydrogen-bond acceptors (Lipinski definition) is 6. The summed E-state index contributed by atoms with van der Waals surface area (Å²) in [5, 5.41) is 10.1. The molecule has 1 saturated heterocycles. The Morgan fingerprint density at radius 2 is 2.23 bits per heavy atom. The van der Waals surface area contributed by atoms with E-state index in [0.717, 1.165) is 23.3 Å². The first-order valence-corrected chi connectivity index (χ1v) is 8.63. The maximum atomic E-state index is 12.6. The molecule has 2 aromatic rings. The summed E-state index contributed by atoms with van der Waals surface area (Å²) in [6, 6.07) is 3.79. The molecule has 0 spiro atoms. The number of rotatable bonds is 4. The van der Waals surface area contributed by atoms with Gasteiger partial charge in [-0.05, 0) is 25.3 Å². The van der Waals surface area contributed by atoms with Crippen molar-refractivity contribution < 1.29 is 9.59 Å². The zero-order valence-electron chi connectivity index (χ0n) is 15.1. The fourth-order valence-corrected chi connectivity index (χ4v) is 3.55. The van der Waals surface area contributed by atoms with E-state index >= 15 is 0 Å². The maximum absolute atomic E-state index is 12.6. The number of carbonyl (C=O) groups is 2. The number of hydrogen-bond donors (Lipinski definition) is 1. The van der Waals surface area contributed by atoms with Crippen molar-refractivity contribution in [2.45, 2.75) is 26.3 Å². The van der Waals surface area contributed by atoms with Crippen molar-refractivity contribution in [2.24, 2.45) is 11.8 Å². The molecule has 3 heterocycles. The second kappa shape index (κ2) is 7.12. The smallest absolute Gasteiger partial charge is 0.247 e. The van der Waals surface area contributed by atoms with Gasteiger partial charge in [-0.3, -0.25) is 9.59 Å². The van der Waals surface area contributed by atoms with Crippen molar-refractivity contribution in [1.82, 2.24) is 19.9 Å². The number of Topliss-reactive ketones (excluding diaryl/α,β-unsaturated/α-hetero) is 1. The fourth-order valence-electron chi connectivity index (χ4n) is 3.55. The van der Waals surface area contributed by atoms with Gasteiger partial charge in [-0.25, -0.2) is 9.97 Å². The predicted octanol–water partition coefficient (Wildman–Crippen LogP) is 1.36. The standard InChI is InChI=1S/C18H22N6O2/c1-11-5-7-24(18(26)14(8-19)12(2)25)9-15(11)23(3)17-13-4-6-20-16(13)21-10-22-17/h4,6,10-11,14-15H,5,7,9H2,1-3H3,(H,20,21,22). The largest absolute Gasteiger partial charge is 0.354 e. The molecular weight excluding hydrogens is 332 g/mol. The Morgan fingerprint density at radius 1 is 1.46 bits per heavy atom. The van der Waals surface area contributed by atoms with Gasteiger partial charge in [-0.1, -0.05) is 6.92 Å². The van der Waals surface area contributed by atoms with E-state index < -0.39 is 17.6 Å². The fraction of sp³-hybridized carbons (Fsp3) is 0.500. The van der Waals surface area contributed by atoms with Gasteiger partial charge in [-0.15, -0.1) is 0 Å². The number of nitriles is 1. The molecule has 3 rings (SSSR count). The van der Waals surface area contributed by atoms with Crippen molar-refractivity contribution in [3.8, 4) is 6.07 Å². The number of nitrogens with one attached hydrogen (secondary N) is 1. The normalized spacial score (nSPS) is 21.2. The third kappa shape index (κ3) is 3.12. The van der Waals surface area contributed by atoms with E-state index in [9.17, 15) is 9.59 Å². The van der Waals surface area contributed by atoms with Gasteiger partial charge in [0.1, 0.15) is 17.8 Å². The van der Waals surface area contributed by atoms with Crippen LogP contribution in [0.1, 0.15) is 20.3 Å². The molecular formula is C18H22N6O2. The van der Waals surface area contributed by atoms with Crippen molar-refractivity contribution in [2.75, 3.05) is 25.0 Å². The van der Waals surface area contributed by atoms with Gasteiger partial charge in [-0.2, -0.15) is 5.26 Å². The minimum absolute atomic E-state index is 0.0343. The molecule has 0 radical (unpaired) electrons. The van der Waals surface area contributed by atoms with Gasteiger partial charge in [0.15, 0.2) is 11.7 Å². The molecule has 1 amide bonds. The highest BCUT2D eigenvalue weighted by molar-refractivity contribution is 6.02. The molecule has 3 unspecified atom stereocenters. The lowest BCUT2D eigenvalue weighted by atomic mass is 9.91. The molecule has 26 heavy (non-hydrogen) atoms. The molecule has 1 aliphatic heterocycles. The first kappa shape index (κ1) is 17.9. The molecule has 0 saturated carbocycles. The number of aromatic amines is 1. The molecule has 0 aromatic carbocycles. The molecule has 3 atom stereocenters. The van der Waals surface area contributed by atoms with E-state index in [0.29, 0.717) is 19.0 Å². The van der Waals surface area contributed by atoms with Crippen molar-refractivity contribution in [3.05, 3.63) is 18.6 Å². The third-order valence-electron chi connectivity index (χ3n) is 5.18. The van der Waals surface area contributed by atoms with Crippen LogP contribution in [-0.4, -0.2) is 57.7 Å². The first-order valence-electron chi connectivity index (χ1n) is 8.63. The zero-order valence-corrected chi connectivity index (χ0v) is 15.1. The van der Waals surface area contributed by atoms with Crippen molar-refractivity contribution in [3.63, 3.8) is 0 Å². The second-order valence-electron chi connectivity index (χ2n) is 6.84. The van der Waals surface area contributed by atoms with E-state index in [4.69, 9.17) is 5.26 Å². The third-order valence-corrected chi connectivity index (χ3v) is 5.18. The summed E-state index contributed by atoms with van der Waals surface area (Å²) in [7, 11) is 1.96. The number of aromatic nitrogens is 3. The number of piperidine rings is 1. The molecule has 2 aromatic heterocycles. The second-order valence-corrected chi connectivity index (χ2v) is 6.84. The van der Waals surface area contributed by atoms with E-state index in [1.807, 2.05) is 25.4 Å². The average Bonchev–Trinajstić information content (AvgIpc) is 3.10. The Labute approximate surface area is 151 Å². The van der Waals surface area contributed by atoms with Gasteiger partial charge in [0.05, 0.1) is 17.5 Å². The highest BCUT2D eigenvalue weighted by Crippen LogP contribution is 2.29. The van der Waals surface area contributed by atoms with Gasteiger partial charge in [0.25, 0.3) is 0 Å². The van der Waals surface area contributed by atoms with E-state index in [1.165, 1.54) is 13.3 Å². The summed E-state index contributed by atoms with van der Waals surface area (Å²) in [5.41, 5.74) is 0.763. The van der Waals surface area contributed by atoms with E-state index in [-0.39, 0.29) is 6.04 Å². The Bertz CT molecular complexity index is 870. The topological polar surface area (TPSA) is 106 Å². The SMILES string of the molecule is CC(=O)C(C#N)C(=O)N1CCC(C)C(N(C)c2ncnc3[nH]ccc23)C1. The predicted molar refractivity (Wildman–Crippen MR) is 96.2 cm³/mol. The number of likely N-dealkylation sites (tertiary alicyclic amines) is 1. The van der Waals surface area contributed by atoms with Crippen LogP contribution in [0, 0.1) is 23.2 Å². The average molecular weight is 354 g/mol. The van der Waals surface area contributed by atoms with Gasteiger partial charge in [0, 0.05) is 26.3 Å². The minimum Gasteiger partial charge on any atom is -0.354 e. The van der Waals surface area contributed by atoms with Crippen LogP contribution in [0.2, 0.25) is 0 Å². The number of ketones is 1. The number of nitrogens with zero attached hydrogens (tertiary/aromatic N) is 5. The summed E-state index contributed by atoms with van der Waals surface area (Å²) in [6.45, 7) is 4.44. The van der Waals surface area contributed by atoms with Crippen LogP contribution in [-0.2, 0) is 9.59 Å². The highest BCUT2D eigenvalue weighted by Gasteiger charge is 2.36. The summed E-state index contributed by atoms with van der Waals surface area (Å²) in [5.74, 6) is -0.896. The van der Waals surface area contributed by atoms with Crippen LogP contribution in [0.4, 0.5) is 5.82 Å². The molecule has 136 valence electrons. The number of likely N-dealkylation sites (N-methyl/N-ethyl adjacent to an activating group) is 1.